The maximum atomic E-state index is 13.1. The molecule has 166 valence electrons. The Bertz CT molecular complexity index is 929. The van der Waals surface area contributed by atoms with Crippen LogP contribution in [0.3, 0.4) is 0 Å². The average molecular weight is 441 g/mol. The topological polar surface area (TPSA) is 49.9 Å². The lowest BCUT2D eigenvalue weighted by Crippen LogP contribution is -2.46. The summed E-state index contributed by atoms with van der Waals surface area (Å²) in [4.78, 5) is 31.9. The van der Waals surface area contributed by atoms with E-state index in [4.69, 9.17) is 4.74 Å². The highest BCUT2D eigenvalue weighted by Gasteiger charge is 2.32. The molecular formula is C25H32N2O3S. The highest BCUT2D eigenvalue weighted by molar-refractivity contribution is 7.14. The molecule has 0 spiro atoms. The molecule has 2 aliphatic rings. The number of methoxy groups -OCH3 is 1. The quantitative estimate of drug-likeness (QED) is 0.683. The van der Waals surface area contributed by atoms with E-state index in [0.29, 0.717) is 24.9 Å². The van der Waals surface area contributed by atoms with Gasteiger partial charge in [-0.2, -0.15) is 0 Å². The Morgan fingerprint density at radius 3 is 2.39 bits per heavy atom. The molecule has 0 N–H and O–H groups in total. The van der Waals surface area contributed by atoms with Gasteiger partial charge in [0, 0.05) is 37.0 Å². The Kier molecular flexibility index (Phi) is 6.65. The summed E-state index contributed by atoms with van der Waals surface area (Å²) in [6, 6.07) is 9.95. The Morgan fingerprint density at radius 1 is 1.03 bits per heavy atom. The Balaban J connectivity index is 1.38. The van der Waals surface area contributed by atoms with E-state index in [-0.39, 0.29) is 11.8 Å². The molecule has 1 unspecified atom stereocenters. The molecule has 2 fully saturated rings. The van der Waals surface area contributed by atoms with Crippen LogP contribution in [0.4, 0.5) is 0 Å². The fraction of sp³-hybridized carbons (Fsp3) is 0.520. The average Bonchev–Trinajstić information content (AvgIpc) is 3.20. The molecule has 2 saturated heterocycles. The van der Waals surface area contributed by atoms with Crippen LogP contribution < -0.4 is 4.74 Å². The first-order valence-corrected chi connectivity index (χ1v) is 12.1. The maximum Gasteiger partial charge on any atom is 0.263 e. The lowest BCUT2D eigenvalue weighted by molar-refractivity contribution is -0.138. The van der Waals surface area contributed by atoms with Crippen LogP contribution in [0.15, 0.2) is 30.3 Å². The smallest absolute Gasteiger partial charge is 0.263 e. The second-order valence-electron chi connectivity index (χ2n) is 8.91. The van der Waals surface area contributed by atoms with Crippen molar-refractivity contribution in [2.75, 3.05) is 33.3 Å². The van der Waals surface area contributed by atoms with Crippen molar-refractivity contribution in [1.29, 1.82) is 0 Å². The third-order valence-corrected chi connectivity index (χ3v) is 7.67. The summed E-state index contributed by atoms with van der Waals surface area (Å²) in [6.45, 7) is 7.39. The number of hydrogen-bond donors (Lipinski definition) is 0. The van der Waals surface area contributed by atoms with Gasteiger partial charge in [-0.15, -0.1) is 11.3 Å². The van der Waals surface area contributed by atoms with Crippen LogP contribution in [0.5, 0.6) is 5.75 Å². The predicted octanol–water partition coefficient (Wildman–Crippen LogP) is 4.84. The zero-order valence-electron chi connectivity index (χ0n) is 18.7. The Hall–Kier alpha value is -2.34. The SMILES string of the molecule is COc1ccc(-c2cc(C(=O)N3CCC(C(=O)N4CCCC(C)C4)CC3)sc2C)cc1. The van der Waals surface area contributed by atoms with E-state index >= 15 is 0 Å². The standard InChI is InChI=1S/C25H32N2O3S/c1-17-5-4-12-27(16-17)24(28)20-10-13-26(14-11-20)25(29)23-15-22(18(2)31-23)19-6-8-21(30-3)9-7-19/h6-9,15,17,20H,4-5,10-14,16H2,1-3H3. The Labute approximate surface area is 189 Å². The number of piperidine rings is 2. The van der Waals surface area contributed by atoms with Crippen LogP contribution in [0.1, 0.15) is 47.2 Å². The van der Waals surface area contributed by atoms with Crippen LogP contribution in [0.2, 0.25) is 0 Å². The first kappa shape index (κ1) is 21.9. The number of carbonyl (C=O) groups is 2. The fourth-order valence-corrected chi connectivity index (χ4v) is 5.79. The molecule has 4 rings (SSSR count). The zero-order chi connectivity index (χ0) is 22.0. The van der Waals surface area contributed by atoms with Gasteiger partial charge in [0.15, 0.2) is 0 Å². The minimum Gasteiger partial charge on any atom is -0.497 e. The number of ether oxygens (including phenoxy) is 1. The first-order chi connectivity index (χ1) is 15.0. The van der Waals surface area contributed by atoms with Crippen molar-refractivity contribution < 1.29 is 14.3 Å². The van der Waals surface area contributed by atoms with Gasteiger partial charge in [-0.1, -0.05) is 19.1 Å². The van der Waals surface area contributed by atoms with Crippen molar-refractivity contribution in [3.8, 4) is 16.9 Å². The summed E-state index contributed by atoms with van der Waals surface area (Å²) < 4.78 is 5.24. The number of hydrogen-bond acceptors (Lipinski definition) is 4. The van der Waals surface area contributed by atoms with Crippen molar-refractivity contribution in [3.05, 3.63) is 40.1 Å². The number of aryl methyl sites for hydroxylation is 1. The van der Waals surface area contributed by atoms with Crippen LogP contribution in [-0.4, -0.2) is 54.9 Å². The van der Waals surface area contributed by atoms with Crippen molar-refractivity contribution in [2.24, 2.45) is 11.8 Å². The van der Waals surface area contributed by atoms with Gasteiger partial charge >= 0.3 is 0 Å². The molecule has 0 aliphatic carbocycles. The molecule has 1 aromatic carbocycles. The van der Waals surface area contributed by atoms with Crippen LogP contribution >= 0.6 is 11.3 Å². The molecule has 2 aliphatic heterocycles. The highest BCUT2D eigenvalue weighted by atomic mass is 32.1. The summed E-state index contributed by atoms with van der Waals surface area (Å²) in [5.74, 6) is 1.87. The summed E-state index contributed by atoms with van der Waals surface area (Å²) >= 11 is 1.55. The number of amides is 2. The minimum atomic E-state index is 0.0641. The first-order valence-electron chi connectivity index (χ1n) is 11.3. The van der Waals surface area contributed by atoms with Crippen molar-refractivity contribution in [2.45, 2.75) is 39.5 Å². The van der Waals surface area contributed by atoms with E-state index in [2.05, 4.69) is 18.7 Å². The molecule has 2 amide bonds. The van der Waals surface area contributed by atoms with E-state index < -0.39 is 0 Å². The second-order valence-corrected chi connectivity index (χ2v) is 10.2. The van der Waals surface area contributed by atoms with Crippen LogP contribution in [0.25, 0.3) is 11.1 Å². The van der Waals surface area contributed by atoms with Crippen molar-refractivity contribution >= 4 is 23.2 Å². The summed E-state index contributed by atoms with van der Waals surface area (Å²) in [5.41, 5.74) is 2.19. The van der Waals surface area contributed by atoms with Crippen LogP contribution in [0, 0.1) is 18.8 Å². The summed E-state index contributed by atoms with van der Waals surface area (Å²) in [5, 5.41) is 0. The molecule has 2 aromatic rings. The van der Waals surface area contributed by atoms with Crippen molar-refractivity contribution in [3.63, 3.8) is 0 Å². The zero-order valence-corrected chi connectivity index (χ0v) is 19.5. The molecule has 5 nitrogen and oxygen atoms in total. The normalized spacial score (nSPS) is 20.0. The van der Waals surface area contributed by atoms with Gasteiger partial charge in [-0.3, -0.25) is 9.59 Å². The lowest BCUT2D eigenvalue weighted by Gasteiger charge is -2.37. The third-order valence-electron chi connectivity index (χ3n) is 6.63. The largest absolute Gasteiger partial charge is 0.497 e. The number of benzene rings is 1. The van der Waals surface area contributed by atoms with Crippen LogP contribution in [-0.2, 0) is 4.79 Å². The lowest BCUT2D eigenvalue weighted by atomic mass is 9.92. The molecule has 6 heteroatoms. The maximum absolute atomic E-state index is 13.1. The van der Waals surface area contributed by atoms with Gasteiger partial charge in [0.2, 0.25) is 5.91 Å². The number of carbonyl (C=O) groups excluding carboxylic acids is 2. The summed E-state index contributed by atoms with van der Waals surface area (Å²) in [6.07, 6.45) is 3.87. The fourth-order valence-electron chi connectivity index (χ4n) is 4.78. The highest BCUT2D eigenvalue weighted by Crippen LogP contribution is 2.33. The monoisotopic (exact) mass is 440 g/mol. The van der Waals surface area contributed by atoms with E-state index in [1.54, 1.807) is 18.4 Å². The van der Waals surface area contributed by atoms with E-state index in [0.717, 1.165) is 59.0 Å². The second kappa shape index (κ2) is 9.43. The number of rotatable bonds is 4. The molecule has 1 aromatic heterocycles. The van der Waals surface area contributed by atoms with Crippen molar-refractivity contribution in [1.82, 2.24) is 9.80 Å². The van der Waals surface area contributed by atoms with E-state index in [1.807, 2.05) is 35.2 Å². The Morgan fingerprint density at radius 2 is 1.74 bits per heavy atom. The predicted molar refractivity (Wildman–Crippen MR) is 125 cm³/mol. The number of likely N-dealkylation sites (tertiary alicyclic amines) is 2. The summed E-state index contributed by atoms with van der Waals surface area (Å²) in [7, 11) is 1.66. The van der Waals surface area contributed by atoms with E-state index in [1.165, 1.54) is 6.42 Å². The molecule has 0 saturated carbocycles. The third kappa shape index (κ3) is 4.79. The molecule has 1 atom stereocenters. The van der Waals surface area contributed by atoms with Gasteiger partial charge < -0.3 is 14.5 Å². The number of thiophene rings is 1. The van der Waals surface area contributed by atoms with Gasteiger partial charge in [0.25, 0.3) is 5.91 Å². The number of nitrogens with zero attached hydrogens (tertiary/aromatic N) is 2. The molecular weight excluding hydrogens is 408 g/mol. The van der Waals surface area contributed by atoms with Gasteiger partial charge in [0.05, 0.1) is 12.0 Å². The molecule has 0 bridgehead atoms. The van der Waals surface area contributed by atoms with Gasteiger partial charge in [-0.25, -0.2) is 0 Å². The van der Waals surface area contributed by atoms with E-state index in [9.17, 15) is 9.59 Å². The molecule has 0 radical (unpaired) electrons. The van der Waals surface area contributed by atoms with Gasteiger partial charge in [0.1, 0.15) is 5.75 Å². The van der Waals surface area contributed by atoms with Gasteiger partial charge in [-0.05, 0) is 67.9 Å². The molecule has 3 heterocycles. The minimum absolute atomic E-state index is 0.0641. The molecule has 31 heavy (non-hydrogen) atoms.